The minimum Gasteiger partial charge on any atom is -0.393 e. The summed E-state index contributed by atoms with van der Waals surface area (Å²) in [6.45, 7) is 0.549. The van der Waals surface area contributed by atoms with E-state index in [1.54, 1.807) is 0 Å². The molecule has 5 N–H and O–H groups in total. The van der Waals surface area contributed by atoms with Crippen molar-refractivity contribution in [2.45, 2.75) is 37.1 Å². The van der Waals surface area contributed by atoms with E-state index < -0.39 is 36.8 Å². The summed E-state index contributed by atoms with van der Waals surface area (Å²) in [6.07, 6.45) is -5.46. The molecule has 6 heteroatoms. The van der Waals surface area contributed by atoms with Gasteiger partial charge in [-0.15, -0.1) is 0 Å². The maximum atomic E-state index is 9.47. The zero-order valence-electron chi connectivity index (χ0n) is 7.16. The molecule has 0 aromatic heterocycles. The smallest absolute Gasteiger partial charge is 0.189 e. The summed E-state index contributed by atoms with van der Waals surface area (Å²) in [7, 11) is 0. The van der Waals surface area contributed by atoms with Crippen LogP contribution in [0.4, 0.5) is 0 Å². The van der Waals surface area contributed by atoms with Crippen LogP contribution in [0.1, 0.15) is 6.92 Å². The Bertz CT molecular complexity index is 186. The molecule has 6 nitrogen and oxygen atoms in total. The highest BCUT2D eigenvalue weighted by Gasteiger charge is 2.52. The Labute approximate surface area is 75.0 Å². The van der Waals surface area contributed by atoms with Gasteiger partial charge in [-0.3, -0.25) is 0 Å². The number of aliphatic hydroxyl groups excluding tert-OH is 4. The molecule has 0 spiro atoms. The summed E-state index contributed by atoms with van der Waals surface area (Å²) in [5.41, 5.74) is -2.22. The highest BCUT2D eigenvalue weighted by atomic mass is 16.6. The van der Waals surface area contributed by atoms with Crippen molar-refractivity contribution in [3.8, 4) is 0 Å². The summed E-state index contributed by atoms with van der Waals surface area (Å²) in [5, 5.41) is 46.0. The first-order valence-corrected chi connectivity index (χ1v) is 3.96. The number of hydrogen-bond donors (Lipinski definition) is 5. The van der Waals surface area contributed by atoms with E-state index in [2.05, 4.69) is 0 Å². The fourth-order valence-electron chi connectivity index (χ4n) is 1.27. The van der Waals surface area contributed by atoms with E-state index in [0.29, 0.717) is 0 Å². The first kappa shape index (κ1) is 10.8. The first-order valence-electron chi connectivity index (χ1n) is 3.96. The molecule has 0 saturated carbocycles. The summed E-state index contributed by atoms with van der Waals surface area (Å²) in [6, 6.07) is 0. The SMILES string of the molecule is C[C@@H]1O[C@@H](O)[C@@](O)(CO)[C@H](O)[C@H]1O. The van der Waals surface area contributed by atoms with E-state index in [9.17, 15) is 20.4 Å². The van der Waals surface area contributed by atoms with Gasteiger partial charge >= 0.3 is 0 Å². The van der Waals surface area contributed by atoms with Crippen LogP contribution >= 0.6 is 0 Å². The molecule has 1 rings (SSSR count). The van der Waals surface area contributed by atoms with Crippen molar-refractivity contribution < 1.29 is 30.3 Å². The molecule has 5 atom stereocenters. The Morgan fingerprint density at radius 2 is 1.85 bits per heavy atom. The second-order valence-electron chi connectivity index (χ2n) is 3.28. The predicted molar refractivity (Wildman–Crippen MR) is 40.6 cm³/mol. The molecule has 1 heterocycles. The molecule has 0 aromatic carbocycles. The quantitative estimate of drug-likeness (QED) is 0.308. The lowest BCUT2D eigenvalue weighted by Gasteiger charge is -2.44. The molecule has 78 valence electrons. The predicted octanol–water partition coefficient (Wildman–Crippen LogP) is -2.83. The minimum absolute atomic E-state index is 0.795. The maximum Gasteiger partial charge on any atom is 0.189 e. The van der Waals surface area contributed by atoms with Crippen molar-refractivity contribution in [1.82, 2.24) is 0 Å². The third kappa shape index (κ3) is 1.56. The van der Waals surface area contributed by atoms with Crippen LogP contribution in [0.2, 0.25) is 0 Å². The third-order valence-electron chi connectivity index (χ3n) is 2.34. The van der Waals surface area contributed by atoms with Crippen LogP contribution in [0.5, 0.6) is 0 Å². The van der Waals surface area contributed by atoms with Gasteiger partial charge in [-0.25, -0.2) is 0 Å². The largest absolute Gasteiger partial charge is 0.393 e. The lowest BCUT2D eigenvalue weighted by molar-refractivity contribution is -0.329. The molecule has 0 aromatic rings. The van der Waals surface area contributed by atoms with E-state index in [1.807, 2.05) is 0 Å². The van der Waals surface area contributed by atoms with E-state index in [1.165, 1.54) is 6.92 Å². The van der Waals surface area contributed by atoms with Gasteiger partial charge in [-0.05, 0) is 6.92 Å². The van der Waals surface area contributed by atoms with Gasteiger partial charge in [0.25, 0.3) is 0 Å². The van der Waals surface area contributed by atoms with Gasteiger partial charge in [0.2, 0.25) is 0 Å². The van der Waals surface area contributed by atoms with Crippen molar-refractivity contribution in [1.29, 1.82) is 0 Å². The van der Waals surface area contributed by atoms with Crippen LogP contribution in [0.3, 0.4) is 0 Å². The summed E-state index contributed by atoms with van der Waals surface area (Å²) in [5.74, 6) is 0. The normalized spacial score (nSPS) is 52.2. The maximum absolute atomic E-state index is 9.47. The topological polar surface area (TPSA) is 110 Å². The lowest BCUT2D eigenvalue weighted by atomic mass is 9.87. The van der Waals surface area contributed by atoms with E-state index >= 15 is 0 Å². The van der Waals surface area contributed by atoms with Crippen LogP contribution in [-0.2, 0) is 4.74 Å². The Morgan fingerprint density at radius 1 is 1.31 bits per heavy atom. The van der Waals surface area contributed by atoms with Crippen molar-refractivity contribution in [2.24, 2.45) is 0 Å². The molecule has 1 fully saturated rings. The molecule has 0 unspecified atom stereocenters. The molecule has 1 aliphatic rings. The fraction of sp³-hybridized carbons (Fsp3) is 1.00. The number of hydrogen-bond acceptors (Lipinski definition) is 6. The zero-order chi connectivity index (χ0) is 10.2. The lowest BCUT2D eigenvalue weighted by Crippen LogP contribution is -2.67. The molecule has 13 heavy (non-hydrogen) atoms. The van der Waals surface area contributed by atoms with E-state index in [0.717, 1.165) is 0 Å². The van der Waals surface area contributed by atoms with Gasteiger partial charge in [-0.2, -0.15) is 0 Å². The zero-order valence-corrected chi connectivity index (χ0v) is 7.16. The summed E-state index contributed by atoms with van der Waals surface area (Å²) in [4.78, 5) is 0. The Hall–Kier alpha value is -0.240. The van der Waals surface area contributed by atoms with Crippen molar-refractivity contribution in [2.75, 3.05) is 6.61 Å². The van der Waals surface area contributed by atoms with Crippen molar-refractivity contribution in [3.63, 3.8) is 0 Å². The van der Waals surface area contributed by atoms with Crippen LogP contribution in [0, 0.1) is 0 Å². The Kier molecular flexibility index (Phi) is 2.91. The van der Waals surface area contributed by atoms with Crippen LogP contribution < -0.4 is 0 Å². The third-order valence-corrected chi connectivity index (χ3v) is 2.34. The first-order chi connectivity index (χ1) is 5.93. The van der Waals surface area contributed by atoms with Gasteiger partial charge < -0.3 is 30.3 Å². The molecule has 0 amide bonds. The fourth-order valence-corrected chi connectivity index (χ4v) is 1.27. The number of aliphatic hydroxyl groups is 5. The number of ether oxygens (including phenoxy) is 1. The van der Waals surface area contributed by atoms with E-state index in [4.69, 9.17) is 9.84 Å². The molecule has 0 bridgehead atoms. The van der Waals surface area contributed by atoms with Crippen LogP contribution in [0.25, 0.3) is 0 Å². The molecule has 0 radical (unpaired) electrons. The molecule has 1 saturated heterocycles. The Balaban J connectivity index is 2.85. The van der Waals surface area contributed by atoms with Gasteiger partial charge in [-0.1, -0.05) is 0 Å². The van der Waals surface area contributed by atoms with Crippen molar-refractivity contribution in [3.05, 3.63) is 0 Å². The average molecular weight is 194 g/mol. The Morgan fingerprint density at radius 3 is 2.31 bits per heavy atom. The van der Waals surface area contributed by atoms with Crippen molar-refractivity contribution >= 4 is 0 Å². The molecule has 1 aliphatic heterocycles. The van der Waals surface area contributed by atoms with Gasteiger partial charge in [0.15, 0.2) is 11.9 Å². The van der Waals surface area contributed by atoms with Gasteiger partial charge in [0, 0.05) is 0 Å². The molecule has 0 aliphatic carbocycles. The summed E-state index contributed by atoms with van der Waals surface area (Å²) < 4.78 is 4.71. The van der Waals surface area contributed by atoms with E-state index in [-0.39, 0.29) is 0 Å². The molecular weight excluding hydrogens is 180 g/mol. The number of rotatable bonds is 1. The standard InChI is InChI=1S/C7H14O6/c1-3-4(9)5(10)7(12,2-8)6(11)13-3/h3-6,8-12H,2H2,1H3/t3-,4-,5+,6+,7+/m0/s1. The molecular formula is C7H14O6. The van der Waals surface area contributed by atoms with Crippen LogP contribution in [-0.4, -0.2) is 62.3 Å². The van der Waals surface area contributed by atoms with Gasteiger partial charge in [0.1, 0.15) is 12.2 Å². The second kappa shape index (κ2) is 3.49. The van der Waals surface area contributed by atoms with Gasteiger partial charge in [0.05, 0.1) is 12.7 Å². The minimum atomic E-state index is -2.22. The highest BCUT2D eigenvalue weighted by molar-refractivity contribution is 4.98. The average Bonchev–Trinajstić information content (AvgIpc) is 2.11. The van der Waals surface area contributed by atoms with Crippen LogP contribution in [0.15, 0.2) is 0 Å². The highest BCUT2D eigenvalue weighted by Crippen LogP contribution is 2.28. The summed E-state index contributed by atoms with van der Waals surface area (Å²) >= 11 is 0. The second-order valence-corrected chi connectivity index (χ2v) is 3.28. The monoisotopic (exact) mass is 194 g/mol.